The van der Waals surface area contributed by atoms with Crippen LogP contribution in [0.25, 0.3) is 0 Å². The number of ether oxygens (including phenoxy) is 1. The molecule has 1 saturated heterocycles. The van der Waals surface area contributed by atoms with Crippen LogP contribution in [0.4, 0.5) is 0 Å². The smallest absolute Gasteiger partial charge is 0.0589 e. The Balaban J connectivity index is 2.53. The van der Waals surface area contributed by atoms with Gasteiger partial charge >= 0.3 is 0 Å². The Hall–Kier alpha value is -0.120. The molecular formula is C13H28N2O. The van der Waals surface area contributed by atoms with Crippen LogP contribution in [0, 0.1) is 5.92 Å². The summed E-state index contributed by atoms with van der Waals surface area (Å²) in [5, 5.41) is 0. The monoisotopic (exact) mass is 228 g/mol. The molecule has 96 valence electrons. The summed E-state index contributed by atoms with van der Waals surface area (Å²) in [4.78, 5) is 5.18. The Labute approximate surface area is 101 Å². The highest BCUT2D eigenvalue weighted by Crippen LogP contribution is 2.18. The van der Waals surface area contributed by atoms with E-state index in [-0.39, 0.29) is 0 Å². The first-order valence-electron chi connectivity index (χ1n) is 6.53. The minimum Gasteiger partial charge on any atom is -0.383 e. The summed E-state index contributed by atoms with van der Waals surface area (Å²) in [5.41, 5.74) is 0. The third kappa shape index (κ3) is 3.72. The number of rotatable bonds is 5. The van der Waals surface area contributed by atoms with Crippen LogP contribution in [0.5, 0.6) is 0 Å². The van der Waals surface area contributed by atoms with Gasteiger partial charge in [0, 0.05) is 45.4 Å². The molecule has 0 spiro atoms. The van der Waals surface area contributed by atoms with E-state index in [0.717, 1.165) is 19.1 Å². The van der Waals surface area contributed by atoms with Crippen molar-refractivity contribution in [1.82, 2.24) is 9.80 Å². The molecule has 16 heavy (non-hydrogen) atoms. The van der Waals surface area contributed by atoms with E-state index in [9.17, 15) is 0 Å². The maximum Gasteiger partial charge on any atom is 0.0589 e. The van der Waals surface area contributed by atoms with Crippen molar-refractivity contribution in [2.45, 2.75) is 39.8 Å². The Bertz CT molecular complexity index is 194. The van der Waals surface area contributed by atoms with Gasteiger partial charge in [0.15, 0.2) is 0 Å². The topological polar surface area (TPSA) is 15.7 Å². The van der Waals surface area contributed by atoms with Crippen LogP contribution in [-0.4, -0.2) is 61.8 Å². The minimum atomic E-state index is 0.672. The molecule has 0 aliphatic carbocycles. The van der Waals surface area contributed by atoms with Gasteiger partial charge in [0.25, 0.3) is 0 Å². The minimum absolute atomic E-state index is 0.672. The molecule has 1 atom stereocenters. The zero-order valence-corrected chi connectivity index (χ0v) is 11.6. The lowest BCUT2D eigenvalue weighted by Crippen LogP contribution is -2.57. The SMILES string of the molecule is COCCN1CCN(C(C)C)CC1C(C)C. The van der Waals surface area contributed by atoms with Gasteiger partial charge in [-0.3, -0.25) is 9.80 Å². The molecule has 0 aromatic carbocycles. The molecule has 1 aliphatic heterocycles. The zero-order valence-electron chi connectivity index (χ0n) is 11.6. The number of hydrogen-bond donors (Lipinski definition) is 0. The molecule has 1 unspecified atom stereocenters. The Morgan fingerprint density at radius 1 is 1.19 bits per heavy atom. The van der Waals surface area contributed by atoms with Gasteiger partial charge in [-0.2, -0.15) is 0 Å². The fourth-order valence-electron chi connectivity index (χ4n) is 2.46. The van der Waals surface area contributed by atoms with Gasteiger partial charge in [0.2, 0.25) is 0 Å². The van der Waals surface area contributed by atoms with Crippen molar-refractivity contribution in [3.8, 4) is 0 Å². The van der Waals surface area contributed by atoms with Crippen molar-refractivity contribution < 1.29 is 4.74 Å². The lowest BCUT2D eigenvalue weighted by atomic mass is 9.99. The lowest BCUT2D eigenvalue weighted by molar-refractivity contribution is 0.0197. The molecule has 0 aromatic rings. The molecule has 3 nitrogen and oxygen atoms in total. The van der Waals surface area contributed by atoms with Gasteiger partial charge in [-0.15, -0.1) is 0 Å². The van der Waals surface area contributed by atoms with Crippen LogP contribution in [0.1, 0.15) is 27.7 Å². The third-order valence-electron chi connectivity index (χ3n) is 3.65. The molecule has 0 aromatic heterocycles. The van der Waals surface area contributed by atoms with E-state index in [0.29, 0.717) is 12.1 Å². The molecule has 0 N–H and O–H groups in total. The maximum absolute atomic E-state index is 5.19. The Kier molecular flexibility index (Phi) is 5.73. The first-order valence-corrected chi connectivity index (χ1v) is 6.53. The van der Waals surface area contributed by atoms with Crippen molar-refractivity contribution in [2.24, 2.45) is 5.92 Å². The summed E-state index contributed by atoms with van der Waals surface area (Å²) in [6.45, 7) is 14.8. The second-order valence-corrected chi connectivity index (χ2v) is 5.43. The van der Waals surface area contributed by atoms with Crippen molar-refractivity contribution in [3.63, 3.8) is 0 Å². The van der Waals surface area contributed by atoms with E-state index < -0.39 is 0 Å². The predicted molar refractivity (Wildman–Crippen MR) is 68.8 cm³/mol. The summed E-state index contributed by atoms with van der Waals surface area (Å²) < 4.78 is 5.19. The molecule has 1 rings (SSSR count). The van der Waals surface area contributed by atoms with Crippen molar-refractivity contribution in [2.75, 3.05) is 39.9 Å². The fourth-order valence-corrected chi connectivity index (χ4v) is 2.46. The number of hydrogen-bond acceptors (Lipinski definition) is 3. The van der Waals surface area contributed by atoms with E-state index >= 15 is 0 Å². The highest BCUT2D eigenvalue weighted by atomic mass is 16.5. The van der Waals surface area contributed by atoms with Crippen LogP contribution >= 0.6 is 0 Å². The molecular weight excluding hydrogens is 200 g/mol. The molecule has 0 bridgehead atoms. The first kappa shape index (κ1) is 13.9. The molecule has 0 amide bonds. The summed E-state index contributed by atoms with van der Waals surface area (Å²) in [6.07, 6.45) is 0. The van der Waals surface area contributed by atoms with Gasteiger partial charge in [0.1, 0.15) is 0 Å². The van der Waals surface area contributed by atoms with E-state index in [4.69, 9.17) is 4.74 Å². The van der Waals surface area contributed by atoms with Crippen molar-refractivity contribution >= 4 is 0 Å². The number of nitrogens with zero attached hydrogens (tertiary/aromatic N) is 2. The maximum atomic E-state index is 5.19. The van der Waals surface area contributed by atoms with Crippen molar-refractivity contribution in [1.29, 1.82) is 0 Å². The number of piperazine rings is 1. The quantitative estimate of drug-likeness (QED) is 0.712. The average molecular weight is 228 g/mol. The van der Waals surface area contributed by atoms with Crippen LogP contribution < -0.4 is 0 Å². The standard InChI is InChI=1S/C13H28N2O/c1-11(2)13-10-15(12(3)4)7-6-14(13)8-9-16-5/h11-13H,6-10H2,1-5H3. The summed E-state index contributed by atoms with van der Waals surface area (Å²) >= 11 is 0. The predicted octanol–water partition coefficient (Wildman–Crippen LogP) is 1.68. The summed E-state index contributed by atoms with van der Waals surface area (Å²) in [5.74, 6) is 0.721. The van der Waals surface area contributed by atoms with Gasteiger partial charge in [-0.25, -0.2) is 0 Å². The molecule has 1 heterocycles. The number of methoxy groups -OCH3 is 1. The van der Waals surface area contributed by atoms with Gasteiger partial charge in [-0.05, 0) is 19.8 Å². The van der Waals surface area contributed by atoms with E-state index in [1.165, 1.54) is 19.6 Å². The molecule has 1 aliphatic rings. The summed E-state index contributed by atoms with van der Waals surface area (Å²) in [7, 11) is 1.79. The molecule has 3 heteroatoms. The lowest BCUT2D eigenvalue weighted by Gasteiger charge is -2.44. The largest absolute Gasteiger partial charge is 0.383 e. The molecule has 1 fully saturated rings. The van der Waals surface area contributed by atoms with Crippen LogP contribution in [0.2, 0.25) is 0 Å². The molecule has 0 radical (unpaired) electrons. The third-order valence-corrected chi connectivity index (χ3v) is 3.65. The highest BCUT2D eigenvalue weighted by molar-refractivity contribution is 4.85. The fraction of sp³-hybridized carbons (Fsp3) is 1.00. The summed E-state index contributed by atoms with van der Waals surface area (Å²) in [6, 6.07) is 1.36. The zero-order chi connectivity index (χ0) is 12.1. The van der Waals surface area contributed by atoms with Crippen molar-refractivity contribution in [3.05, 3.63) is 0 Å². The Morgan fingerprint density at radius 3 is 2.38 bits per heavy atom. The normalized spacial score (nSPS) is 24.6. The average Bonchev–Trinajstić information content (AvgIpc) is 2.25. The van der Waals surface area contributed by atoms with Crippen LogP contribution in [0.3, 0.4) is 0 Å². The highest BCUT2D eigenvalue weighted by Gasteiger charge is 2.29. The van der Waals surface area contributed by atoms with Gasteiger partial charge < -0.3 is 4.74 Å². The van der Waals surface area contributed by atoms with Crippen LogP contribution in [-0.2, 0) is 4.74 Å². The Morgan fingerprint density at radius 2 is 1.88 bits per heavy atom. The van der Waals surface area contributed by atoms with Gasteiger partial charge in [-0.1, -0.05) is 13.8 Å². The van der Waals surface area contributed by atoms with Crippen LogP contribution in [0.15, 0.2) is 0 Å². The van der Waals surface area contributed by atoms with E-state index in [1.807, 2.05) is 0 Å². The van der Waals surface area contributed by atoms with Gasteiger partial charge in [0.05, 0.1) is 6.61 Å². The first-order chi connectivity index (χ1) is 7.56. The molecule has 0 saturated carbocycles. The second kappa shape index (κ2) is 6.58. The van der Waals surface area contributed by atoms with E-state index in [1.54, 1.807) is 7.11 Å². The van der Waals surface area contributed by atoms with E-state index in [2.05, 4.69) is 37.5 Å². The second-order valence-electron chi connectivity index (χ2n) is 5.43.